The van der Waals surface area contributed by atoms with E-state index in [-0.39, 0.29) is 11.2 Å². The summed E-state index contributed by atoms with van der Waals surface area (Å²) >= 11 is 1.31. The number of carbonyl (C=O) groups is 1. The van der Waals surface area contributed by atoms with Crippen molar-refractivity contribution in [3.05, 3.63) is 35.7 Å². The molecule has 0 spiro atoms. The van der Waals surface area contributed by atoms with Crippen molar-refractivity contribution in [3.63, 3.8) is 0 Å². The number of unbranched alkanes of at least 4 members (excludes halogenated alkanes) is 1. The smallest absolute Gasteiger partial charge is 0.237 e. The van der Waals surface area contributed by atoms with Crippen LogP contribution in [0, 0.1) is 0 Å². The molecular formula is C17H25N5OS. The van der Waals surface area contributed by atoms with E-state index in [1.165, 1.54) is 22.0 Å². The minimum Gasteiger partial charge on any atom is -0.336 e. The SMILES string of the molecule is CCCCc1nnc(S[C@H](C)C(=O)Nc2ccc(CC)cc2)n1N. The lowest BCUT2D eigenvalue weighted by molar-refractivity contribution is -0.115. The van der Waals surface area contributed by atoms with Gasteiger partial charge in [0.2, 0.25) is 11.1 Å². The molecule has 1 aromatic heterocycles. The topological polar surface area (TPSA) is 85.8 Å². The third kappa shape index (κ3) is 4.74. The summed E-state index contributed by atoms with van der Waals surface area (Å²) in [5, 5.41) is 11.4. The second-order valence-corrected chi connectivity index (χ2v) is 6.98. The number of aromatic nitrogens is 3. The molecule has 0 saturated carbocycles. The molecule has 130 valence electrons. The molecule has 0 aliphatic carbocycles. The number of carbonyl (C=O) groups excluding carboxylic acids is 1. The van der Waals surface area contributed by atoms with Crippen molar-refractivity contribution in [3.8, 4) is 0 Å². The van der Waals surface area contributed by atoms with Crippen molar-refractivity contribution in [1.82, 2.24) is 14.9 Å². The first kappa shape index (κ1) is 18.3. The summed E-state index contributed by atoms with van der Waals surface area (Å²) in [6, 6.07) is 7.87. The molecule has 1 heterocycles. The first-order chi connectivity index (χ1) is 11.5. The van der Waals surface area contributed by atoms with E-state index in [2.05, 4.69) is 29.4 Å². The Hall–Kier alpha value is -2.02. The van der Waals surface area contributed by atoms with Gasteiger partial charge < -0.3 is 11.2 Å². The minimum absolute atomic E-state index is 0.0812. The first-order valence-electron chi connectivity index (χ1n) is 8.31. The largest absolute Gasteiger partial charge is 0.336 e. The summed E-state index contributed by atoms with van der Waals surface area (Å²) in [5.74, 6) is 6.69. The molecular weight excluding hydrogens is 322 g/mol. The zero-order valence-corrected chi connectivity index (χ0v) is 15.3. The zero-order valence-electron chi connectivity index (χ0n) is 14.5. The number of nitrogens with zero attached hydrogens (tertiary/aromatic N) is 3. The summed E-state index contributed by atoms with van der Waals surface area (Å²) in [5.41, 5.74) is 2.04. The van der Waals surface area contributed by atoms with Gasteiger partial charge in [-0.15, -0.1) is 10.2 Å². The number of hydrogen-bond donors (Lipinski definition) is 2. The monoisotopic (exact) mass is 347 g/mol. The molecule has 2 rings (SSSR count). The Labute approximate surface area is 147 Å². The molecule has 6 nitrogen and oxygen atoms in total. The van der Waals surface area contributed by atoms with Crippen molar-refractivity contribution < 1.29 is 4.79 Å². The van der Waals surface area contributed by atoms with Crippen LogP contribution < -0.4 is 11.2 Å². The summed E-state index contributed by atoms with van der Waals surface area (Å²) in [6.07, 6.45) is 3.87. The fourth-order valence-electron chi connectivity index (χ4n) is 2.17. The number of thioether (sulfide) groups is 1. The van der Waals surface area contributed by atoms with Crippen LogP contribution in [0.25, 0.3) is 0 Å². The van der Waals surface area contributed by atoms with Crippen LogP contribution in [0.3, 0.4) is 0 Å². The van der Waals surface area contributed by atoms with E-state index in [4.69, 9.17) is 5.84 Å². The number of hydrogen-bond acceptors (Lipinski definition) is 5. The lowest BCUT2D eigenvalue weighted by Crippen LogP contribution is -2.23. The van der Waals surface area contributed by atoms with Crippen LogP contribution in [0.15, 0.2) is 29.4 Å². The van der Waals surface area contributed by atoms with Crippen molar-refractivity contribution >= 4 is 23.4 Å². The molecule has 7 heteroatoms. The Morgan fingerprint density at radius 1 is 1.29 bits per heavy atom. The summed E-state index contributed by atoms with van der Waals surface area (Å²) < 4.78 is 1.49. The molecule has 0 radical (unpaired) electrons. The molecule has 0 bridgehead atoms. The normalized spacial score (nSPS) is 12.1. The van der Waals surface area contributed by atoms with E-state index in [0.29, 0.717) is 5.16 Å². The average Bonchev–Trinajstić information content (AvgIpc) is 2.93. The van der Waals surface area contributed by atoms with E-state index in [0.717, 1.165) is 37.2 Å². The molecule has 1 amide bonds. The van der Waals surface area contributed by atoms with Crippen LogP contribution in [-0.4, -0.2) is 26.0 Å². The third-order valence-corrected chi connectivity index (χ3v) is 4.83. The van der Waals surface area contributed by atoms with E-state index in [1.54, 1.807) is 0 Å². The van der Waals surface area contributed by atoms with Gasteiger partial charge in [0.1, 0.15) is 0 Å². The predicted molar refractivity (Wildman–Crippen MR) is 98.6 cm³/mol. The molecule has 0 aliphatic rings. The standard InChI is InChI=1S/C17H25N5OS/c1-4-6-7-15-20-21-17(22(15)18)24-12(3)16(23)19-14-10-8-13(5-2)9-11-14/h8-12H,4-7,18H2,1-3H3,(H,19,23)/t12-/m1/s1. The molecule has 1 atom stereocenters. The van der Waals surface area contributed by atoms with Crippen LogP contribution in [0.1, 0.15) is 45.0 Å². The second kappa shape index (κ2) is 8.73. The molecule has 2 aromatic rings. The van der Waals surface area contributed by atoms with E-state index >= 15 is 0 Å². The highest BCUT2D eigenvalue weighted by molar-refractivity contribution is 8.00. The minimum atomic E-state index is -0.318. The average molecular weight is 347 g/mol. The zero-order chi connectivity index (χ0) is 17.5. The second-order valence-electron chi connectivity index (χ2n) is 5.67. The van der Waals surface area contributed by atoms with Crippen molar-refractivity contribution in [2.75, 3.05) is 11.2 Å². The number of benzene rings is 1. The van der Waals surface area contributed by atoms with Crippen LogP contribution in [0.4, 0.5) is 5.69 Å². The molecule has 3 N–H and O–H groups in total. The Balaban J connectivity index is 1.94. The highest BCUT2D eigenvalue weighted by Crippen LogP contribution is 2.22. The van der Waals surface area contributed by atoms with Gasteiger partial charge in [-0.2, -0.15) is 0 Å². The van der Waals surface area contributed by atoms with Crippen molar-refractivity contribution in [2.24, 2.45) is 0 Å². The molecule has 0 saturated heterocycles. The maximum Gasteiger partial charge on any atom is 0.237 e. The van der Waals surface area contributed by atoms with Gasteiger partial charge in [0.15, 0.2) is 5.82 Å². The van der Waals surface area contributed by atoms with Crippen molar-refractivity contribution in [1.29, 1.82) is 0 Å². The number of rotatable bonds is 8. The van der Waals surface area contributed by atoms with E-state index < -0.39 is 0 Å². The number of aryl methyl sites for hydroxylation is 2. The lowest BCUT2D eigenvalue weighted by Gasteiger charge is -2.12. The third-order valence-electron chi connectivity index (χ3n) is 3.77. The fraction of sp³-hybridized carbons (Fsp3) is 0.471. The van der Waals surface area contributed by atoms with Crippen LogP contribution in [0.5, 0.6) is 0 Å². The number of anilines is 1. The van der Waals surface area contributed by atoms with Gasteiger partial charge in [0.05, 0.1) is 5.25 Å². The van der Waals surface area contributed by atoms with Crippen molar-refractivity contribution in [2.45, 2.75) is 56.9 Å². The summed E-state index contributed by atoms with van der Waals surface area (Å²) in [7, 11) is 0. The quantitative estimate of drug-likeness (QED) is 0.566. The predicted octanol–water partition coefficient (Wildman–Crippen LogP) is 3.02. The Morgan fingerprint density at radius 2 is 2.00 bits per heavy atom. The van der Waals surface area contributed by atoms with Gasteiger partial charge >= 0.3 is 0 Å². The van der Waals surface area contributed by atoms with Gasteiger partial charge in [0, 0.05) is 12.1 Å². The van der Waals surface area contributed by atoms with Crippen LogP contribution >= 0.6 is 11.8 Å². The maximum absolute atomic E-state index is 12.3. The molecule has 0 fully saturated rings. The lowest BCUT2D eigenvalue weighted by atomic mass is 10.1. The van der Waals surface area contributed by atoms with Gasteiger partial charge in [0.25, 0.3) is 0 Å². The van der Waals surface area contributed by atoms with E-state index in [9.17, 15) is 4.79 Å². The van der Waals surface area contributed by atoms with Gasteiger partial charge in [-0.1, -0.05) is 44.2 Å². The van der Waals surface area contributed by atoms with Gasteiger partial charge in [-0.25, -0.2) is 4.68 Å². The molecule has 0 aliphatic heterocycles. The highest BCUT2D eigenvalue weighted by Gasteiger charge is 2.19. The Kier molecular flexibility index (Phi) is 6.66. The molecule has 0 unspecified atom stereocenters. The molecule has 24 heavy (non-hydrogen) atoms. The van der Waals surface area contributed by atoms with Gasteiger partial charge in [-0.05, 0) is 37.5 Å². The van der Waals surface area contributed by atoms with Crippen LogP contribution in [0.2, 0.25) is 0 Å². The fourth-order valence-corrected chi connectivity index (χ4v) is 2.96. The number of nitrogens with one attached hydrogen (secondary N) is 1. The number of nitrogen functional groups attached to an aromatic ring is 1. The van der Waals surface area contributed by atoms with E-state index in [1.807, 2.05) is 31.2 Å². The van der Waals surface area contributed by atoms with Gasteiger partial charge in [-0.3, -0.25) is 4.79 Å². The number of nitrogens with two attached hydrogens (primary N) is 1. The maximum atomic E-state index is 12.3. The number of amides is 1. The summed E-state index contributed by atoms with van der Waals surface area (Å²) in [6.45, 7) is 6.05. The highest BCUT2D eigenvalue weighted by atomic mass is 32.2. The Morgan fingerprint density at radius 3 is 2.62 bits per heavy atom. The summed E-state index contributed by atoms with van der Waals surface area (Å²) in [4.78, 5) is 12.3. The molecule has 1 aromatic carbocycles. The first-order valence-corrected chi connectivity index (χ1v) is 9.18. The van der Waals surface area contributed by atoms with Crippen LogP contribution in [-0.2, 0) is 17.6 Å². The Bertz CT molecular complexity index is 668.